The SMILES string of the molecule is C=CC/C=C/C=C/CCCC. The van der Waals surface area contributed by atoms with Crippen molar-refractivity contribution in [2.45, 2.75) is 32.6 Å². The van der Waals surface area contributed by atoms with Crippen molar-refractivity contribution < 1.29 is 0 Å². The lowest BCUT2D eigenvalue weighted by Crippen LogP contribution is -1.64. The molecule has 0 aromatic carbocycles. The summed E-state index contributed by atoms with van der Waals surface area (Å²) < 4.78 is 0. The van der Waals surface area contributed by atoms with Gasteiger partial charge in [0.15, 0.2) is 0 Å². The number of hydrogen-bond acceptors (Lipinski definition) is 0. The van der Waals surface area contributed by atoms with E-state index in [4.69, 9.17) is 0 Å². The number of hydrogen-bond donors (Lipinski definition) is 0. The van der Waals surface area contributed by atoms with E-state index >= 15 is 0 Å². The Labute approximate surface area is 70.3 Å². The summed E-state index contributed by atoms with van der Waals surface area (Å²) >= 11 is 0. The summed E-state index contributed by atoms with van der Waals surface area (Å²) in [6, 6.07) is 0. The van der Waals surface area contributed by atoms with Gasteiger partial charge in [0.2, 0.25) is 0 Å². The maximum Gasteiger partial charge on any atom is -0.0169 e. The molecule has 0 fully saturated rings. The van der Waals surface area contributed by atoms with E-state index in [-0.39, 0.29) is 0 Å². The summed E-state index contributed by atoms with van der Waals surface area (Å²) in [7, 11) is 0. The molecular formula is C11H18. The van der Waals surface area contributed by atoms with Gasteiger partial charge < -0.3 is 0 Å². The van der Waals surface area contributed by atoms with Crippen LogP contribution in [0.15, 0.2) is 37.0 Å². The van der Waals surface area contributed by atoms with Crippen LogP contribution in [0.1, 0.15) is 32.6 Å². The van der Waals surface area contributed by atoms with Gasteiger partial charge in [0, 0.05) is 0 Å². The minimum Gasteiger partial charge on any atom is -0.103 e. The van der Waals surface area contributed by atoms with Gasteiger partial charge in [-0.3, -0.25) is 0 Å². The molecule has 0 atom stereocenters. The van der Waals surface area contributed by atoms with Crippen LogP contribution in [0, 0.1) is 0 Å². The number of allylic oxidation sites excluding steroid dienone is 5. The van der Waals surface area contributed by atoms with Gasteiger partial charge in [-0.05, 0) is 12.8 Å². The molecule has 0 unspecified atom stereocenters. The van der Waals surface area contributed by atoms with Crippen LogP contribution in [0.3, 0.4) is 0 Å². The fourth-order valence-corrected chi connectivity index (χ4v) is 0.750. The van der Waals surface area contributed by atoms with Crippen LogP contribution in [0.5, 0.6) is 0 Å². The minimum absolute atomic E-state index is 0.970. The lowest BCUT2D eigenvalue weighted by molar-refractivity contribution is 0.815. The topological polar surface area (TPSA) is 0 Å². The molecule has 0 heterocycles. The molecule has 0 N–H and O–H groups in total. The zero-order valence-electron chi connectivity index (χ0n) is 7.42. The van der Waals surface area contributed by atoms with Crippen molar-refractivity contribution in [3.63, 3.8) is 0 Å². The van der Waals surface area contributed by atoms with Crippen LogP contribution in [-0.2, 0) is 0 Å². The van der Waals surface area contributed by atoms with Crippen molar-refractivity contribution in [3.05, 3.63) is 37.0 Å². The molecule has 0 aliphatic carbocycles. The van der Waals surface area contributed by atoms with Crippen LogP contribution in [-0.4, -0.2) is 0 Å². The molecule has 0 spiro atoms. The lowest BCUT2D eigenvalue weighted by Gasteiger charge is -1.85. The third-order valence-electron chi connectivity index (χ3n) is 1.41. The maximum absolute atomic E-state index is 3.63. The summed E-state index contributed by atoms with van der Waals surface area (Å²) in [5.41, 5.74) is 0. The second kappa shape index (κ2) is 9.22. The van der Waals surface area contributed by atoms with E-state index in [0.29, 0.717) is 0 Å². The monoisotopic (exact) mass is 150 g/mol. The molecule has 62 valence electrons. The highest BCUT2D eigenvalue weighted by molar-refractivity contribution is 5.03. The molecule has 11 heavy (non-hydrogen) atoms. The van der Waals surface area contributed by atoms with Gasteiger partial charge in [0.25, 0.3) is 0 Å². The highest BCUT2D eigenvalue weighted by atomic mass is 13.8. The normalized spacial score (nSPS) is 11.4. The molecule has 0 nitrogen and oxygen atoms in total. The average Bonchev–Trinajstić information content (AvgIpc) is 2.03. The van der Waals surface area contributed by atoms with Gasteiger partial charge in [0.1, 0.15) is 0 Å². The fourth-order valence-electron chi connectivity index (χ4n) is 0.750. The largest absolute Gasteiger partial charge is 0.103 e. The van der Waals surface area contributed by atoms with Crippen molar-refractivity contribution in [1.29, 1.82) is 0 Å². The van der Waals surface area contributed by atoms with Crippen molar-refractivity contribution in [3.8, 4) is 0 Å². The van der Waals surface area contributed by atoms with Crippen molar-refractivity contribution >= 4 is 0 Å². The first-order chi connectivity index (χ1) is 5.41. The molecular weight excluding hydrogens is 132 g/mol. The van der Waals surface area contributed by atoms with E-state index in [1.807, 2.05) is 6.08 Å². The summed E-state index contributed by atoms with van der Waals surface area (Å²) in [4.78, 5) is 0. The van der Waals surface area contributed by atoms with Crippen LogP contribution < -0.4 is 0 Å². The van der Waals surface area contributed by atoms with Crippen molar-refractivity contribution in [2.24, 2.45) is 0 Å². The van der Waals surface area contributed by atoms with Crippen LogP contribution in [0.2, 0.25) is 0 Å². The average molecular weight is 150 g/mol. The smallest absolute Gasteiger partial charge is 0.0169 e. The quantitative estimate of drug-likeness (QED) is 0.306. The van der Waals surface area contributed by atoms with E-state index in [2.05, 4.69) is 37.8 Å². The lowest BCUT2D eigenvalue weighted by atomic mass is 10.2. The van der Waals surface area contributed by atoms with Gasteiger partial charge in [-0.2, -0.15) is 0 Å². The number of rotatable bonds is 6. The first-order valence-corrected chi connectivity index (χ1v) is 4.34. The predicted octanol–water partition coefficient (Wildman–Crippen LogP) is 3.87. The van der Waals surface area contributed by atoms with Crippen molar-refractivity contribution in [1.82, 2.24) is 0 Å². The second-order valence-electron chi connectivity index (χ2n) is 2.52. The van der Waals surface area contributed by atoms with E-state index in [9.17, 15) is 0 Å². The van der Waals surface area contributed by atoms with Gasteiger partial charge in [-0.15, -0.1) is 6.58 Å². The van der Waals surface area contributed by atoms with Gasteiger partial charge in [-0.1, -0.05) is 50.1 Å². The Morgan fingerprint density at radius 1 is 1.18 bits per heavy atom. The Bertz CT molecular complexity index is 129. The Kier molecular flexibility index (Phi) is 8.57. The van der Waals surface area contributed by atoms with Crippen LogP contribution in [0.4, 0.5) is 0 Å². The molecule has 0 aliphatic heterocycles. The third kappa shape index (κ3) is 9.22. The molecule has 0 aromatic heterocycles. The number of unbranched alkanes of at least 4 members (excludes halogenated alkanes) is 2. The third-order valence-corrected chi connectivity index (χ3v) is 1.41. The van der Waals surface area contributed by atoms with E-state index in [1.54, 1.807) is 0 Å². The van der Waals surface area contributed by atoms with E-state index < -0.39 is 0 Å². The molecule has 0 aliphatic rings. The molecule has 0 heteroatoms. The molecule has 0 saturated carbocycles. The first kappa shape index (κ1) is 10.2. The molecule has 0 rings (SSSR count). The van der Waals surface area contributed by atoms with Gasteiger partial charge in [0.05, 0.1) is 0 Å². The zero-order chi connectivity index (χ0) is 8.36. The Morgan fingerprint density at radius 3 is 2.55 bits per heavy atom. The highest BCUT2D eigenvalue weighted by Crippen LogP contribution is 1.95. The first-order valence-electron chi connectivity index (χ1n) is 4.34. The van der Waals surface area contributed by atoms with Crippen LogP contribution in [0.25, 0.3) is 0 Å². The van der Waals surface area contributed by atoms with Crippen molar-refractivity contribution in [2.75, 3.05) is 0 Å². The molecule has 0 amide bonds. The molecule has 0 saturated heterocycles. The molecule has 0 bridgehead atoms. The summed E-state index contributed by atoms with van der Waals surface area (Å²) in [6.45, 7) is 5.84. The Morgan fingerprint density at radius 2 is 1.91 bits per heavy atom. The highest BCUT2D eigenvalue weighted by Gasteiger charge is 1.74. The Balaban J connectivity index is 3.21. The minimum atomic E-state index is 0.970. The van der Waals surface area contributed by atoms with Gasteiger partial charge >= 0.3 is 0 Å². The molecule has 0 radical (unpaired) electrons. The van der Waals surface area contributed by atoms with Gasteiger partial charge in [-0.25, -0.2) is 0 Å². The summed E-state index contributed by atoms with van der Waals surface area (Å²) in [5, 5.41) is 0. The summed E-state index contributed by atoms with van der Waals surface area (Å²) in [5.74, 6) is 0. The zero-order valence-corrected chi connectivity index (χ0v) is 7.42. The van der Waals surface area contributed by atoms with E-state index in [1.165, 1.54) is 19.3 Å². The summed E-state index contributed by atoms with van der Waals surface area (Å²) in [6.07, 6.45) is 15.2. The van der Waals surface area contributed by atoms with E-state index in [0.717, 1.165) is 6.42 Å². The standard InChI is InChI=1S/C11H18/c1-3-5-7-9-11-10-8-6-4-2/h3,7,9-11H,1,4-6,8H2,2H3/b9-7+,11-10+. The second-order valence-corrected chi connectivity index (χ2v) is 2.52. The fraction of sp³-hybridized carbons (Fsp3) is 0.455. The van der Waals surface area contributed by atoms with Crippen LogP contribution >= 0.6 is 0 Å². The predicted molar refractivity (Wildman–Crippen MR) is 52.6 cm³/mol. The Hall–Kier alpha value is -0.780. The maximum atomic E-state index is 3.63. The molecule has 0 aromatic rings.